The Labute approximate surface area is 205 Å². The van der Waals surface area contributed by atoms with Crippen LogP contribution in [0.25, 0.3) is 0 Å². The third kappa shape index (κ3) is 4.71. The number of likely N-dealkylation sites (tertiary alicyclic amines) is 1. The van der Waals surface area contributed by atoms with E-state index in [1.807, 2.05) is 52.3 Å². The summed E-state index contributed by atoms with van der Waals surface area (Å²) in [5.41, 5.74) is 4.01. The lowest BCUT2D eigenvalue weighted by Gasteiger charge is -2.42. The van der Waals surface area contributed by atoms with Gasteiger partial charge in [-0.3, -0.25) is 14.6 Å². The summed E-state index contributed by atoms with van der Waals surface area (Å²) in [4.78, 5) is 35.0. The van der Waals surface area contributed by atoms with Gasteiger partial charge in [0.1, 0.15) is 0 Å². The number of rotatable bonds is 4. The van der Waals surface area contributed by atoms with Gasteiger partial charge in [-0.15, -0.1) is 0 Å². The van der Waals surface area contributed by atoms with E-state index in [0.29, 0.717) is 50.5 Å². The summed E-state index contributed by atoms with van der Waals surface area (Å²) in [6, 6.07) is 19.7. The average Bonchev–Trinajstić information content (AvgIpc) is 2.96. The zero-order chi connectivity index (χ0) is 23.5. The van der Waals surface area contributed by atoms with E-state index < -0.39 is 5.41 Å². The lowest BCUT2D eigenvalue weighted by Crippen LogP contribution is -2.51. The first kappa shape index (κ1) is 22.6. The van der Waals surface area contributed by atoms with Crippen LogP contribution in [0, 0.1) is 5.41 Å². The molecule has 174 valence electrons. The Kier molecular flexibility index (Phi) is 6.38. The molecule has 2 aliphatic rings. The van der Waals surface area contributed by atoms with Gasteiger partial charge in [0.15, 0.2) is 0 Å². The maximum absolute atomic E-state index is 14.0. The van der Waals surface area contributed by atoms with Crippen LogP contribution >= 0.6 is 11.6 Å². The minimum atomic E-state index is -0.476. The number of carbonyl (C=O) groups is 2. The van der Waals surface area contributed by atoms with Crippen molar-refractivity contribution in [3.63, 3.8) is 0 Å². The first-order chi connectivity index (χ1) is 16.5. The Morgan fingerprint density at radius 2 is 1.59 bits per heavy atom. The molecule has 5 nitrogen and oxygen atoms in total. The highest BCUT2D eigenvalue weighted by Gasteiger charge is 2.46. The van der Waals surface area contributed by atoms with E-state index in [2.05, 4.69) is 23.2 Å². The number of amides is 2. The number of carbonyl (C=O) groups excluding carboxylic acids is 2. The SMILES string of the molecule is O=C(Cc1ccc(Cl)cc1)N1CCC2(CC1)Cc1ccccc1CN(Cc1ccncc1)C2=O. The van der Waals surface area contributed by atoms with E-state index in [0.717, 1.165) is 17.5 Å². The molecular weight excluding hydrogens is 446 g/mol. The Bertz CT molecular complexity index is 1170. The summed E-state index contributed by atoms with van der Waals surface area (Å²) in [5.74, 6) is 0.303. The molecule has 0 radical (unpaired) electrons. The highest BCUT2D eigenvalue weighted by atomic mass is 35.5. The van der Waals surface area contributed by atoms with Crippen molar-refractivity contribution in [2.75, 3.05) is 13.1 Å². The molecular formula is C28H28ClN3O2. The van der Waals surface area contributed by atoms with Crippen molar-refractivity contribution >= 4 is 23.4 Å². The summed E-state index contributed by atoms with van der Waals surface area (Å²) < 4.78 is 0. The number of benzene rings is 2. The van der Waals surface area contributed by atoms with Crippen LogP contribution in [-0.2, 0) is 35.5 Å². The number of hydrogen-bond acceptors (Lipinski definition) is 3. The van der Waals surface area contributed by atoms with Crippen molar-refractivity contribution < 1.29 is 9.59 Å². The second-order valence-electron chi connectivity index (χ2n) is 9.43. The van der Waals surface area contributed by atoms with Crippen molar-refractivity contribution in [1.82, 2.24) is 14.8 Å². The molecule has 0 unspecified atom stereocenters. The fourth-order valence-corrected chi connectivity index (χ4v) is 5.36. The molecule has 3 aromatic rings. The highest BCUT2D eigenvalue weighted by molar-refractivity contribution is 6.30. The van der Waals surface area contributed by atoms with Crippen molar-refractivity contribution in [1.29, 1.82) is 0 Å². The second kappa shape index (κ2) is 9.59. The number of pyridine rings is 1. The Balaban J connectivity index is 1.34. The smallest absolute Gasteiger partial charge is 0.229 e. The van der Waals surface area contributed by atoms with Gasteiger partial charge in [-0.1, -0.05) is 48.0 Å². The maximum Gasteiger partial charge on any atom is 0.229 e. The average molecular weight is 474 g/mol. The van der Waals surface area contributed by atoms with E-state index in [9.17, 15) is 9.59 Å². The van der Waals surface area contributed by atoms with Gasteiger partial charge < -0.3 is 9.80 Å². The molecule has 0 N–H and O–H groups in total. The molecule has 0 saturated carbocycles. The number of hydrogen-bond donors (Lipinski definition) is 0. The van der Waals surface area contributed by atoms with Crippen LogP contribution in [-0.4, -0.2) is 39.7 Å². The van der Waals surface area contributed by atoms with Crippen molar-refractivity contribution in [3.05, 3.63) is 100 Å². The number of aromatic nitrogens is 1. The van der Waals surface area contributed by atoms with Crippen LogP contribution in [0.2, 0.25) is 5.02 Å². The van der Waals surface area contributed by atoms with Gasteiger partial charge >= 0.3 is 0 Å². The van der Waals surface area contributed by atoms with Gasteiger partial charge in [0.25, 0.3) is 0 Å². The molecule has 1 spiro atoms. The molecule has 0 atom stereocenters. The predicted octanol–water partition coefficient (Wildman–Crippen LogP) is 4.67. The van der Waals surface area contributed by atoms with E-state index >= 15 is 0 Å². The summed E-state index contributed by atoms with van der Waals surface area (Å²) in [7, 11) is 0. The van der Waals surface area contributed by atoms with Gasteiger partial charge in [0, 0.05) is 43.6 Å². The van der Waals surface area contributed by atoms with Crippen LogP contribution in [0.3, 0.4) is 0 Å². The van der Waals surface area contributed by atoms with Crippen LogP contribution in [0.4, 0.5) is 0 Å². The molecule has 0 bridgehead atoms. The molecule has 34 heavy (non-hydrogen) atoms. The standard InChI is InChI=1S/C28H28ClN3O2/c29-25-7-5-21(6-8-25)17-26(33)31-15-11-28(12-16-31)18-23-3-1-2-4-24(23)20-32(27(28)34)19-22-9-13-30-14-10-22/h1-10,13-14H,11-12,15-20H2. The minimum absolute atomic E-state index is 0.104. The minimum Gasteiger partial charge on any atom is -0.342 e. The first-order valence-electron chi connectivity index (χ1n) is 11.8. The quantitative estimate of drug-likeness (QED) is 0.553. The van der Waals surface area contributed by atoms with Gasteiger partial charge in [-0.25, -0.2) is 0 Å². The van der Waals surface area contributed by atoms with Gasteiger partial charge in [0.05, 0.1) is 11.8 Å². The van der Waals surface area contributed by atoms with Crippen LogP contribution in [0.5, 0.6) is 0 Å². The van der Waals surface area contributed by atoms with Gasteiger partial charge in [0.2, 0.25) is 11.8 Å². The Morgan fingerprint density at radius 1 is 0.912 bits per heavy atom. The third-order valence-corrected chi connectivity index (χ3v) is 7.47. The Hall–Kier alpha value is -3.18. The number of fused-ring (bicyclic) bond motifs is 1. The van der Waals surface area contributed by atoms with Crippen LogP contribution < -0.4 is 0 Å². The fraction of sp³-hybridized carbons (Fsp3) is 0.321. The van der Waals surface area contributed by atoms with Gasteiger partial charge in [-0.2, -0.15) is 0 Å². The molecule has 2 aromatic carbocycles. The molecule has 1 fully saturated rings. The lowest BCUT2D eigenvalue weighted by molar-refractivity contribution is -0.148. The predicted molar refractivity (Wildman–Crippen MR) is 132 cm³/mol. The molecule has 2 aliphatic heterocycles. The van der Waals surface area contributed by atoms with Crippen molar-refractivity contribution in [2.45, 2.75) is 38.8 Å². The largest absolute Gasteiger partial charge is 0.342 e. The fourth-order valence-electron chi connectivity index (χ4n) is 5.24. The van der Waals surface area contributed by atoms with Crippen LogP contribution in [0.1, 0.15) is 35.1 Å². The van der Waals surface area contributed by atoms with Crippen LogP contribution in [0.15, 0.2) is 73.1 Å². The van der Waals surface area contributed by atoms with E-state index in [-0.39, 0.29) is 11.8 Å². The molecule has 0 aliphatic carbocycles. The normalized spacial score (nSPS) is 17.4. The Morgan fingerprint density at radius 3 is 2.29 bits per heavy atom. The zero-order valence-corrected chi connectivity index (χ0v) is 19.9. The lowest BCUT2D eigenvalue weighted by atomic mass is 9.72. The maximum atomic E-state index is 14.0. The number of halogens is 1. The topological polar surface area (TPSA) is 53.5 Å². The molecule has 5 rings (SSSR count). The summed E-state index contributed by atoms with van der Waals surface area (Å²) in [5, 5.41) is 0.666. The number of nitrogens with zero attached hydrogens (tertiary/aromatic N) is 3. The van der Waals surface area contributed by atoms with Gasteiger partial charge in [-0.05, 0) is 65.8 Å². The third-order valence-electron chi connectivity index (χ3n) is 7.21. The first-order valence-corrected chi connectivity index (χ1v) is 12.2. The summed E-state index contributed by atoms with van der Waals surface area (Å²) >= 11 is 5.97. The summed E-state index contributed by atoms with van der Waals surface area (Å²) in [6.45, 7) is 2.38. The molecule has 1 aromatic heterocycles. The zero-order valence-electron chi connectivity index (χ0n) is 19.1. The van der Waals surface area contributed by atoms with E-state index in [1.54, 1.807) is 12.4 Å². The molecule has 3 heterocycles. The second-order valence-corrected chi connectivity index (χ2v) is 9.86. The van der Waals surface area contributed by atoms with E-state index in [4.69, 9.17) is 11.6 Å². The summed E-state index contributed by atoms with van der Waals surface area (Å²) in [6.07, 6.45) is 5.99. The molecule has 2 amide bonds. The van der Waals surface area contributed by atoms with Crippen molar-refractivity contribution in [2.24, 2.45) is 5.41 Å². The highest BCUT2D eigenvalue weighted by Crippen LogP contribution is 2.41. The molecule has 6 heteroatoms. The molecule has 1 saturated heterocycles. The number of piperidine rings is 1. The van der Waals surface area contributed by atoms with Crippen molar-refractivity contribution in [3.8, 4) is 0 Å². The van der Waals surface area contributed by atoms with E-state index in [1.165, 1.54) is 11.1 Å². The monoisotopic (exact) mass is 473 g/mol.